The summed E-state index contributed by atoms with van der Waals surface area (Å²) in [5, 5.41) is 0. The van der Waals surface area contributed by atoms with Crippen molar-refractivity contribution in [3.05, 3.63) is 60.2 Å². The molecule has 2 amide bonds. The monoisotopic (exact) mass is 417 g/mol. The summed E-state index contributed by atoms with van der Waals surface area (Å²) in [6.07, 6.45) is 0. The predicted octanol–water partition coefficient (Wildman–Crippen LogP) is 2.75. The number of benzene rings is 2. The zero-order valence-electron chi connectivity index (χ0n) is 15.5. The van der Waals surface area contributed by atoms with Gasteiger partial charge < -0.3 is 15.5 Å². The molecule has 0 bridgehead atoms. The molecule has 0 aromatic heterocycles. The van der Waals surface area contributed by atoms with Crippen LogP contribution >= 0.6 is 24.2 Å². The minimum Gasteiger partial charge on any atom is -0.340 e. The van der Waals surface area contributed by atoms with Crippen LogP contribution in [-0.2, 0) is 9.59 Å². The van der Waals surface area contributed by atoms with E-state index in [4.69, 9.17) is 5.73 Å². The van der Waals surface area contributed by atoms with Gasteiger partial charge in [0.25, 0.3) is 0 Å². The number of carbonyl (C=O) groups is 2. The van der Waals surface area contributed by atoms with Gasteiger partial charge in [-0.3, -0.25) is 9.59 Å². The van der Waals surface area contributed by atoms with E-state index in [-0.39, 0.29) is 42.6 Å². The zero-order chi connectivity index (χ0) is 18.8. The maximum absolute atomic E-state index is 13.0. The molecule has 2 aromatic rings. The third kappa shape index (κ3) is 4.04. The molecule has 2 heterocycles. The summed E-state index contributed by atoms with van der Waals surface area (Å²) >= 11 is 1.53. The molecule has 1 fully saturated rings. The topological polar surface area (TPSA) is 66.6 Å². The Morgan fingerprint density at radius 2 is 1.79 bits per heavy atom. The molecule has 148 valence electrons. The lowest BCUT2D eigenvalue weighted by molar-refractivity contribution is -0.130. The van der Waals surface area contributed by atoms with Gasteiger partial charge in [0, 0.05) is 23.9 Å². The molecule has 2 aliphatic rings. The highest BCUT2D eigenvalue weighted by Crippen LogP contribution is 2.36. The average molecular weight is 418 g/mol. The van der Waals surface area contributed by atoms with Crippen LogP contribution in [0.15, 0.2) is 59.5 Å². The number of fused-ring (bicyclic) bond motifs is 1. The van der Waals surface area contributed by atoms with Crippen molar-refractivity contribution in [2.75, 3.05) is 36.8 Å². The number of thioether (sulfide) groups is 1. The molecule has 0 saturated carbocycles. The van der Waals surface area contributed by atoms with Gasteiger partial charge in [0.05, 0.1) is 11.4 Å². The van der Waals surface area contributed by atoms with Crippen molar-refractivity contribution in [3.8, 4) is 0 Å². The number of hydrogen-bond donors (Lipinski definition) is 1. The van der Waals surface area contributed by atoms with E-state index < -0.39 is 0 Å². The summed E-state index contributed by atoms with van der Waals surface area (Å²) in [6.45, 7) is 1.94. The first kappa shape index (κ1) is 20.7. The van der Waals surface area contributed by atoms with E-state index in [9.17, 15) is 9.59 Å². The Labute approximate surface area is 175 Å². The van der Waals surface area contributed by atoms with Crippen molar-refractivity contribution in [1.82, 2.24) is 4.90 Å². The van der Waals surface area contributed by atoms with Crippen LogP contribution in [0.2, 0.25) is 0 Å². The number of nitrogens with zero attached hydrogens (tertiary/aromatic N) is 2. The van der Waals surface area contributed by atoms with Crippen LogP contribution in [0, 0.1) is 5.92 Å². The number of hydrogen-bond acceptors (Lipinski definition) is 4. The normalized spacial score (nSPS) is 21.2. The standard InChI is InChI=1S/C21H23N3O2S.ClH/c22-10-16-11-23(12-17(16)15-6-2-1-3-7-15)20(25)13-24-18-8-4-5-9-19(18)27-14-21(24)26;/h1-9,16-17H,10-14,22H2;1H/t16-,17+;/m1./s1. The molecular weight excluding hydrogens is 394 g/mol. The Morgan fingerprint density at radius 1 is 1.07 bits per heavy atom. The third-order valence-electron chi connectivity index (χ3n) is 5.43. The maximum Gasteiger partial charge on any atom is 0.242 e. The highest BCUT2D eigenvalue weighted by Gasteiger charge is 2.36. The van der Waals surface area contributed by atoms with Gasteiger partial charge in [-0.05, 0) is 30.2 Å². The van der Waals surface area contributed by atoms with Gasteiger partial charge in [-0.1, -0.05) is 42.5 Å². The Bertz CT molecular complexity index is 849. The minimum atomic E-state index is -0.0127. The molecule has 0 radical (unpaired) electrons. The average Bonchev–Trinajstić information content (AvgIpc) is 3.15. The molecule has 2 atom stereocenters. The number of nitrogens with two attached hydrogens (primary N) is 1. The Balaban J connectivity index is 0.00000225. The second-order valence-corrected chi connectivity index (χ2v) is 8.07. The Kier molecular flexibility index (Phi) is 6.65. The van der Waals surface area contributed by atoms with E-state index in [1.165, 1.54) is 17.3 Å². The van der Waals surface area contributed by atoms with Crippen molar-refractivity contribution in [2.24, 2.45) is 11.7 Å². The highest BCUT2D eigenvalue weighted by atomic mass is 35.5. The summed E-state index contributed by atoms with van der Waals surface area (Å²) in [7, 11) is 0. The van der Waals surface area contributed by atoms with Gasteiger partial charge in [0.2, 0.25) is 11.8 Å². The van der Waals surface area contributed by atoms with Crippen LogP contribution in [0.5, 0.6) is 0 Å². The second-order valence-electron chi connectivity index (χ2n) is 7.05. The van der Waals surface area contributed by atoms with Gasteiger partial charge >= 0.3 is 0 Å². The molecule has 7 heteroatoms. The van der Waals surface area contributed by atoms with Crippen molar-refractivity contribution in [1.29, 1.82) is 0 Å². The van der Waals surface area contributed by atoms with Crippen molar-refractivity contribution < 1.29 is 9.59 Å². The highest BCUT2D eigenvalue weighted by molar-refractivity contribution is 8.00. The molecular formula is C21H24ClN3O2S. The summed E-state index contributed by atoms with van der Waals surface area (Å²) in [5.74, 6) is 0.849. The second kappa shape index (κ2) is 8.99. The van der Waals surface area contributed by atoms with Gasteiger partial charge in [-0.25, -0.2) is 0 Å². The smallest absolute Gasteiger partial charge is 0.242 e. The lowest BCUT2D eigenvalue weighted by atomic mass is 9.89. The predicted molar refractivity (Wildman–Crippen MR) is 115 cm³/mol. The molecule has 28 heavy (non-hydrogen) atoms. The van der Waals surface area contributed by atoms with Crippen LogP contribution in [0.1, 0.15) is 11.5 Å². The fourth-order valence-electron chi connectivity index (χ4n) is 3.95. The van der Waals surface area contributed by atoms with Crippen LogP contribution in [-0.4, -0.2) is 48.6 Å². The quantitative estimate of drug-likeness (QED) is 0.830. The molecule has 1 saturated heterocycles. The zero-order valence-corrected chi connectivity index (χ0v) is 17.1. The molecule has 0 aliphatic carbocycles. The van der Waals surface area contributed by atoms with Crippen LogP contribution in [0.4, 0.5) is 5.69 Å². The number of amides is 2. The molecule has 0 unspecified atom stereocenters. The lowest BCUT2D eigenvalue weighted by Gasteiger charge is -2.30. The molecule has 2 N–H and O–H groups in total. The Hall–Kier alpha value is -2.02. The van der Waals surface area contributed by atoms with E-state index in [1.807, 2.05) is 47.4 Å². The first-order chi connectivity index (χ1) is 13.2. The van der Waals surface area contributed by atoms with E-state index in [0.717, 1.165) is 10.6 Å². The number of rotatable bonds is 4. The molecule has 0 spiro atoms. The van der Waals surface area contributed by atoms with Gasteiger partial charge in [-0.2, -0.15) is 0 Å². The summed E-state index contributed by atoms with van der Waals surface area (Å²) < 4.78 is 0. The summed E-state index contributed by atoms with van der Waals surface area (Å²) in [4.78, 5) is 30.0. The minimum absolute atomic E-state index is 0. The molecule has 5 nitrogen and oxygen atoms in total. The number of anilines is 1. The van der Waals surface area contributed by atoms with E-state index in [2.05, 4.69) is 12.1 Å². The fourth-order valence-corrected chi connectivity index (χ4v) is 4.89. The first-order valence-corrected chi connectivity index (χ1v) is 10.2. The van der Waals surface area contributed by atoms with Gasteiger partial charge in [0.1, 0.15) is 6.54 Å². The van der Waals surface area contributed by atoms with Crippen LogP contribution in [0.25, 0.3) is 0 Å². The molecule has 4 rings (SSSR count). The van der Waals surface area contributed by atoms with E-state index in [1.54, 1.807) is 4.90 Å². The number of halogens is 1. The molecule has 2 aromatic carbocycles. The van der Waals surface area contributed by atoms with E-state index >= 15 is 0 Å². The van der Waals surface area contributed by atoms with E-state index in [0.29, 0.717) is 25.4 Å². The number of likely N-dealkylation sites (tertiary alicyclic amines) is 1. The number of para-hydroxylation sites is 1. The van der Waals surface area contributed by atoms with Gasteiger partial charge in [0.15, 0.2) is 0 Å². The van der Waals surface area contributed by atoms with Crippen molar-refractivity contribution in [2.45, 2.75) is 10.8 Å². The van der Waals surface area contributed by atoms with Crippen molar-refractivity contribution in [3.63, 3.8) is 0 Å². The number of carbonyl (C=O) groups excluding carboxylic acids is 2. The van der Waals surface area contributed by atoms with Crippen LogP contribution in [0.3, 0.4) is 0 Å². The summed E-state index contributed by atoms with van der Waals surface area (Å²) in [6, 6.07) is 18.0. The van der Waals surface area contributed by atoms with Gasteiger partial charge in [-0.15, -0.1) is 24.2 Å². The first-order valence-electron chi connectivity index (χ1n) is 9.22. The van der Waals surface area contributed by atoms with Crippen molar-refractivity contribution >= 4 is 41.7 Å². The maximum atomic E-state index is 13.0. The lowest BCUT2D eigenvalue weighted by Crippen LogP contribution is -2.44. The summed E-state index contributed by atoms with van der Waals surface area (Å²) in [5.41, 5.74) is 8.04. The molecule has 2 aliphatic heterocycles. The third-order valence-corrected chi connectivity index (χ3v) is 6.47. The Morgan fingerprint density at radius 3 is 2.54 bits per heavy atom. The largest absolute Gasteiger partial charge is 0.340 e. The van der Waals surface area contributed by atoms with Crippen LogP contribution < -0.4 is 10.6 Å². The fraction of sp³-hybridized carbons (Fsp3) is 0.333. The SMILES string of the molecule is Cl.NC[C@@H]1CN(C(=O)CN2C(=O)CSc3ccccc32)C[C@H]1c1ccccc1.